The number of carbonyl (C=O) groups is 2. The fraction of sp³-hybridized carbons (Fsp3) is 0.619. The number of benzene rings is 1. The number of aliphatic hydroxyl groups is 2. The fourth-order valence-corrected chi connectivity index (χ4v) is 8.68. The van der Waals surface area contributed by atoms with Crippen LogP contribution in [0, 0.1) is 17.8 Å². The molecular weight excluding hydrogens is 678 g/mol. The maximum Gasteiger partial charge on any atom is 0.411 e. The minimum Gasteiger partial charge on any atom is -0.462 e. The lowest BCUT2D eigenvalue weighted by Crippen LogP contribution is -2.58. The van der Waals surface area contributed by atoms with Crippen LogP contribution in [0.5, 0.6) is 0 Å². The summed E-state index contributed by atoms with van der Waals surface area (Å²) in [6, 6.07) is 7.58. The first kappa shape index (κ1) is 39.4. The van der Waals surface area contributed by atoms with Gasteiger partial charge in [-0.25, -0.2) is 4.79 Å². The van der Waals surface area contributed by atoms with Crippen molar-refractivity contribution in [2.24, 2.45) is 17.8 Å². The van der Waals surface area contributed by atoms with Crippen molar-refractivity contribution >= 4 is 17.7 Å². The molecule has 1 aliphatic carbocycles. The van der Waals surface area contributed by atoms with Gasteiger partial charge in [0.1, 0.15) is 29.8 Å². The van der Waals surface area contributed by atoms with Gasteiger partial charge < -0.3 is 38.6 Å². The van der Waals surface area contributed by atoms with Crippen LogP contribution < -0.4 is 5.32 Å². The summed E-state index contributed by atoms with van der Waals surface area (Å²) in [6.07, 6.45) is 10.6. The first-order valence-corrected chi connectivity index (χ1v) is 19.2. The molecule has 0 saturated carbocycles. The van der Waals surface area contributed by atoms with Crippen molar-refractivity contribution in [2.45, 2.75) is 128 Å². The molecule has 3 fully saturated rings. The SMILES string of the molecule is CC[C@H]1O[C@]2(CC[C@@H]1C)C[C@@H]1C[C@@H](C/C=C(\C)[C@H](OCCc3ccc(NC(=O)OC)cc3)[C@@H](C)/C=C/C=C3\CO[C@H]4[C@H](O)C(C)=C[C@@H](C(=O)O1)[C@]34O)O2. The third-order valence-electron chi connectivity index (χ3n) is 11.8. The van der Waals surface area contributed by atoms with E-state index < -0.39 is 47.7 Å². The highest BCUT2D eigenvalue weighted by molar-refractivity contribution is 5.84. The molecule has 2 bridgehead atoms. The number of esters is 1. The minimum absolute atomic E-state index is 0.0370. The monoisotopic (exact) mass is 735 g/mol. The van der Waals surface area contributed by atoms with Crippen molar-refractivity contribution in [1.29, 1.82) is 0 Å². The second kappa shape index (κ2) is 16.6. The molecule has 11 atom stereocenters. The Labute approximate surface area is 313 Å². The summed E-state index contributed by atoms with van der Waals surface area (Å²) in [7, 11) is 1.33. The molecule has 4 heterocycles. The molecule has 3 N–H and O–H groups in total. The minimum atomic E-state index is -1.78. The molecule has 1 spiro atoms. The van der Waals surface area contributed by atoms with Gasteiger partial charge in [0.2, 0.25) is 0 Å². The summed E-state index contributed by atoms with van der Waals surface area (Å²) in [5, 5.41) is 26.1. The molecular formula is C42H57NO10. The van der Waals surface area contributed by atoms with Gasteiger partial charge in [-0.05, 0) is 79.9 Å². The Balaban J connectivity index is 1.29. The van der Waals surface area contributed by atoms with Crippen LogP contribution in [0.1, 0.15) is 78.7 Å². The van der Waals surface area contributed by atoms with E-state index in [-0.39, 0.29) is 30.8 Å². The van der Waals surface area contributed by atoms with E-state index in [1.54, 1.807) is 19.1 Å². The highest BCUT2D eigenvalue weighted by Crippen LogP contribution is 2.47. The first-order chi connectivity index (χ1) is 25.4. The zero-order valence-corrected chi connectivity index (χ0v) is 31.9. The maximum atomic E-state index is 14.1. The van der Waals surface area contributed by atoms with Gasteiger partial charge in [0.05, 0.1) is 38.6 Å². The number of anilines is 1. The molecule has 290 valence electrons. The van der Waals surface area contributed by atoms with Crippen LogP contribution in [0.4, 0.5) is 10.5 Å². The summed E-state index contributed by atoms with van der Waals surface area (Å²) in [6.45, 7) is 10.8. The summed E-state index contributed by atoms with van der Waals surface area (Å²) in [4.78, 5) is 25.7. The predicted molar refractivity (Wildman–Crippen MR) is 199 cm³/mol. The van der Waals surface area contributed by atoms with Gasteiger partial charge in [-0.2, -0.15) is 0 Å². The number of nitrogens with one attached hydrogen (secondary N) is 1. The van der Waals surface area contributed by atoms with Gasteiger partial charge >= 0.3 is 12.1 Å². The molecule has 4 aliphatic heterocycles. The molecule has 0 unspecified atom stereocenters. The van der Waals surface area contributed by atoms with E-state index in [4.69, 9.17) is 23.7 Å². The fourth-order valence-electron chi connectivity index (χ4n) is 8.68. The van der Waals surface area contributed by atoms with E-state index >= 15 is 0 Å². The van der Waals surface area contributed by atoms with Crippen molar-refractivity contribution in [3.05, 3.63) is 76.9 Å². The lowest BCUT2D eigenvalue weighted by atomic mass is 9.71. The Bertz CT molecular complexity index is 1600. The number of methoxy groups -OCH3 is 1. The third-order valence-corrected chi connectivity index (χ3v) is 11.8. The number of aliphatic hydroxyl groups excluding tert-OH is 1. The second-order valence-corrected chi connectivity index (χ2v) is 15.6. The second-order valence-electron chi connectivity index (χ2n) is 15.6. The van der Waals surface area contributed by atoms with Crippen LogP contribution in [-0.4, -0.2) is 90.6 Å². The Morgan fingerprint density at radius 1 is 1.09 bits per heavy atom. The van der Waals surface area contributed by atoms with E-state index in [1.807, 2.05) is 36.4 Å². The van der Waals surface area contributed by atoms with E-state index in [1.165, 1.54) is 7.11 Å². The largest absolute Gasteiger partial charge is 0.462 e. The highest BCUT2D eigenvalue weighted by atomic mass is 16.7. The van der Waals surface area contributed by atoms with Crippen molar-refractivity contribution in [3.8, 4) is 0 Å². The zero-order valence-electron chi connectivity index (χ0n) is 31.9. The lowest BCUT2D eigenvalue weighted by Gasteiger charge is -2.50. The molecule has 0 aromatic heterocycles. The number of rotatable bonds is 6. The van der Waals surface area contributed by atoms with Crippen molar-refractivity contribution < 1.29 is 48.2 Å². The number of hydrogen-bond donors (Lipinski definition) is 3. The zero-order chi connectivity index (χ0) is 37.9. The van der Waals surface area contributed by atoms with E-state index in [0.717, 1.165) is 24.0 Å². The molecule has 11 nitrogen and oxygen atoms in total. The van der Waals surface area contributed by atoms with Crippen LogP contribution >= 0.6 is 0 Å². The number of amides is 1. The summed E-state index contributed by atoms with van der Waals surface area (Å²) < 4.78 is 37.2. The van der Waals surface area contributed by atoms with Crippen LogP contribution in [0.3, 0.4) is 0 Å². The quantitative estimate of drug-likeness (QED) is 0.224. The highest BCUT2D eigenvalue weighted by Gasteiger charge is 2.60. The number of carbonyl (C=O) groups excluding carboxylic acids is 2. The molecule has 5 aliphatic rings. The van der Waals surface area contributed by atoms with Gasteiger partial charge in [0.15, 0.2) is 5.79 Å². The van der Waals surface area contributed by atoms with E-state index in [0.29, 0.717) is 61.5 Å². The summed E-state index contributed by atoms with van der Waals surface area (Å²) >= 11 is 0. The topological polar surface area (TPSA) is 142 Å². The normalized spacial score (nSPS) is 40.1. The molecule has 0 radical (unpaired) electrons. The number of hydrogen-bond acceptors (Lipinski definition) is 10. The van der Waals surface area contributed by atoms with Gasteiger partial charge in [0.25, 0.3) is 0 Å². The summed E-state index contributed by atoms with van der Waals surface area (Å²) in [5.41, 5.74) is 2.06. The van der Waals surface area contributed by atoms with Crippen LogP contribution in [-0.2, 0) is 39.6 Å². The molecule has 11 heteroatoms. The first-order valence-electron chi connectivity index (χ1n) is 19.2. The van der Waals surface area contributed by atoms with Gasteiger partial charge in [-0.1, -0.05) is 63.3 Å². The standard InChI is InChI=1S/C42H57NO10/c1-7-35-25(2)17-19-41(53-35)23-33-22-32(52-41)16-11-27(4)37(49-20-18-29-12-14-31(15-13-29)43-40(46)48-6)26(3)9-8-10-30-24-50-38-36(44)28(5)21-34(39(45)51-33)42(30,38)47/h8-15,21,25-26,32-38,44,47H,7,16-20,22-24H2,1-6H3,(H,43,46)/b9-8+,27-11+,30-10+/t25-,26-,32+,33-,34-,35+,36+,37+,38-,41+,42+/m0/s1. The third kappa shape index (κ3) is 8.50. The van der Waals surface area contributed by atoms with Gasteiger partial charge in [0, 0.05) is 30.9 Å². The predicted octanol–water partition coefficient (Wildman–Crippen LogP) is 6.34. The van der Waals surface area contributed by atoms with Gasteiger partial charge in [-0.15, -0.1) is 0 Å². The van der Waals surface area contributed by atoms with Crippen LogP contribution in [0.15, 0.2) is 71.4 Å². The van der Waals surface area contributed by atoms with Crippen LogP contribution in [0.25, 0.3) is 0 Å². The molecule has 53 heavy (non-hydrogen) atoms. The van der Waals surface area contributed by atoms with Crippen LogP contribution in [0.2, 0.25) is 0 Å². The smallest absolute Gasteiger partial charge is 0.411 e. The Morgan fingerprint density at radius 2 is 1.87 bits per heavy atom. The molecule has 6 rings (SSSR count). The number of allylic oxidation sites excluding steroid dienone is 2. The summed E-state index contributed by atoms with van der Waals surface area (Å²) in [5.74, 6) is -2.14. The maximum absolute atomic E-state index is 14.1. The molecule has 1 aromatic rings. The average molecular weight is 736 g/mol. The Morgan fingerprint density at radius 3 is 2.60 bits per heavy atom. The van der Waals surface area contributed by atoms with Gasteiger partial charge in [-0.3, -0.25) is 10.1 Å². The van der Waals surface area contributed by atoms with Crippen molar-refractivity contribution in [2.75, 3.05) is 25.6 Å². The van der Waals surface area contributed by atoms with E-state index in [9.17, 15) is 19.8 Å². The van der Waals surface area contributed by atoms with E-state index in [2.05, 4.69) is 43.8 Å². The number of fused-ring (bicyclic) bond motifs is 2. The van der Waals surface area contributed by atoms with Crippen molar-refractivity contribution in [3.63, 3.8) is 0 Å². The molecule has 1 amide bonds. The average Bonchev–Trinajstić information content (AvgIpc) is 3.48. The van der Waals surface area contributed by atoms with Crippen molar-refractivity contribution in [1.82, 2.24) is 0 Å². The Kier molecular flexibility index (Phi) is 12.3. The lowest BCUT2D eigenvalue weighted by molar-refractivity contribution is -0.335. The Hall–Kier alpha value is -3.32. The number of ether oxygens (including phenoxy) is 6. The molecule has 1 aromatic carbocycles. The molecule has 3 saturated heterocycles.